The second-order valence-corrected chi connectivity index (χ2v) is 11.7. The fourth-order valence-corrected chi connectivity index (χ4v) is 6.17. The summed E-state index contributed by atoms with van der Waals surface area (Å²) >= 11 is 0. The maximum absolute atomic E-state index is 15.4. The molecule has 2 saturated heterocycles. The number of nitrogens with one attached hydrogen (secondary N) is 1. The second-order valence-electron chi connectivity index (χ2n) is 11.7. The molecule has 4 rings (SSSR count). The molecule has 1 amide bonds. The molecule has 210 valence electrons. The molecule has 0 bridgehead atoms. The predicted octanol–water partition coefficient (Wildman–Crippen LogP) is 4.19. The maximum atomic E-state index is 15.4. The van der Waals surface area contributed by atoms with Gasteiger partial charge in [0.15, 0.2) is 5.89 Å². The lowest BCUT2D eigenvalue weighted by Gasteiger charge is -2.46. The van der Waals surface area contributed by atoms with Crippen molar-refractivity contribution < 1.29 is 33.3 Å². The number of fused-ring (bicyclic) bond motifs is 1. The number of carbonyl (C=O) groups is 2. The quantitative estimate of drug-likeness (QED) is 0.392. The predicted molar refractivity (Wildman–Crippen MR) is 139 cm³/mol. The molecule has 2 unspecified atom stereocenters. The normalized spacial score (nSPS) is 36.7. The van der Waals surface area contributed by atoms with Crippen LogP contribution in [0.25, 0.3) is 6.08 Å². The Bertz CT molecular complexity index is 1070. The van der Waals surface area contributed by atoms with Gasteiger partial charge in [-0.05, 0) is 44.9 Å². The van der Waals surface area contributed by atoms with Crippen molar-refractivity contribution in [2.45, 2.75) is 109 Å². The minimum absolute atomic E-state index is 0.144. The van der Waals surface area contributed by atoms with Gasteiger partial charge in [-0.15, -0.1) is 6.58 Å². The molecular weight excluding hydrogens is 491 g/mol. The van der Waals surface area contributed by atoms with Crippen LogP contribution in [0.1, 0.15) is 83.2 Å². The molecule has 3 N–H and O–H groups in total. The summed E-state index contributed by atoms with van der Waals surface area (Å²) in [6, 6.07) is -0.978. The topological polar surface area (TPSA) is 125 Å². The zero-order chi connectivity index (χ0) is 27.7. The number of hydrogen-bond acceptors (Lipinski definition) is 7. The Morgan fingerprint density at radius 1 is 1.29 bits per heavy atom. The van der Waals surface area contributed by atoms with Gasteiger partial charge in [-0.2, -0.15) is 0 Å². The Morgan fingerprint density at radius 2 is 2.03 bits per heavy atom. The SMILES string of the molecule is C=CC[C@H]1C(=O)C2(CCC2)[C@@H](O)CC(=O)N[C@H](C(F)=Cc2coc(C)n2)CC2OC2(C)CCC[C@H](C)[C@H]1O. The summed E-state index contributed by atoms with van der Waals surface area (Å²) in [5.74, 6) is -1.79. The van der Waals surface area contributed by atoms with E-state index < -0.39 is 46.9 Å². The molecular formula is C29H41FN2O6. The van der Waals surface area contributed by atoms with E-state index in [9.17, 15) is 19.8 Å². The van der Waals surface area contributed by atoms with Crippen LogP contribution >= 0.6 is 0 Å². The van der Waals surface area contributed by atoms with Gasteiger partial charge in [-0.1, -0.05) is 25.8 Å². The summed E-state index contributed by atoms with van der Waals surface area (Å²) in [5, 5.41) is 25.1. The number of nitrogens with zero attached hydrogens (tertiary/aromatic N) is 1. The number of ether oxygens (including phenoxy) is 1. The van der Waals surface area contributed by atoms with Crippen LogP contribution < -0.4 is 5.32 Å². The number of hydrogen-bond donors (Lipinski definition) is 3. The van der Waals surface area contributed by atoms with Crippen LogP contribution in [0.4, 0.5) is 4.39 Å². The highest BCUT2D eigenvalue weighted by atomic mass is 19.1. The summed E-state index contributed by atoms with van der Waals surface area (Å²) in [7, 11) is 0. The Labute approximate surface area is 223 Å². The molecule has 1 saturated carbocycles. The van der Waals surface area contributed by atoms with Crippen molar-refractivity contribution in [2.24, 2.45) is 17.3 Å². The fraction of sp³-hybridized carbons (Fsp3) is 0.690. The number of ketones is 1. The highest BCUT2D eigenvalue weighted by Crippen LogP contribution is 2.49. The third kappa shape index (κ3) is 5.95. The first-order valence-electron chi connectivity index (χ1n) is 13.8. The third-order valence-electron chi connectivity index (χ3n) is 8.91. The van der Waals surface area contributed by atoms with Crippen LogP contribution in [0.3, 0.4) is 0 Å². The number of aliphatic hydroxyl groups excluding tert-OH is 2. The first-order valence-corrected chi connectivity index (χ1v) is 13.8. The van der Waals surface area contributed by atoms with Crippen molar-refractivity contribution in [3.8, 4) is 0 Å². The standard InChI is InChI=1S/C29H41FN2O6/c1-5-8-20-26(35)17(2)9-6-10-28(4)24(38-28)14-22(21(30)13-19-16-37-18(3)31-19)32-25(34)15-23(33)29(27(20)36)11-7-12-29/h5,13,16-17,20,22-24,26,33,35H,1,6-12,14-15H2,2-4H3,(H,32,34)/t17-,20+,22-,23-,24?,26+,28?/m0/s1. The van der Waals surface area contributed by atoms with E-state index in [0.29, 0.717) is 43.7 Å². The maximum Gasteiger partial charge on any atom is 0.223 e. The van der Waals surface area contributed by atoms with Crippen molar-refractivity contribution >= 4 is 17.8 Å². The van der Waals surface area contributed by atoms with E-state index in [1.54, 1.807) is 13.0 Å². The van der Waals surface area contributed by atoms with Gasteiger partial charge >= 0.3 is 0 Å². The number of allylic oxidation sites excluding steroid dienone is 1. The average Bonchev–Trinajstić information content (AvgIpc) is 3.26. The first-order chi connectivity index (χ1) is 18.0. The molecule has 3 aliphatic rings. The monoisotopic (exact) mass is 532 g/mol. The van der Waals surface area contributed by atoms with Gasteiger partial charge in [0.05, 0.1) is 41.8 Å². The third-order valence-corrected chi connectivity index (χ3v) is 8.91. The van der Waals surface area contributed by atoms with Crippen LogP contribution in [-0.4, -0.2) is 56.8 Å². The summed E-state index contributed by atoms with van der Waals surface area (Å²) < 4.78 is 26.6. The Kier molecular flexibility index (Phi) is 8.59. The van der Waals surface area contributed by atoms with Crippen LogP contribution in [0.5, 0.6) is 0 Å². The Hall–Kier alpha value is -2.36. The highest BCUT2D eigenvalue weighted by molar-refractivity contribution is 5.90. The van der Waals surface area contributed by atoms with Crippen LogP contribution in [0.2, 0.25) is 0 Å². The van der Waals surface area contributed by atoms with Crippen molar-refractivity contribution in [1.82, 2.24) is 10.3 Å². The average molecular weight is 533 g/mol. The smallest absolute Gasteiger partial charge is 0.223 e. The highest BCUT2D eigenvalue weighted by Gasteiger charge is 2.55. The zero-order valence-electron chi connectivity index (χ0n) is 22.6. The number of epoxide rings is 1. The number of oxazole rings is 1. The molecule has 3 heterocycles. The number of aromatic nitrogens is 1. The largest absolute Gasteiger partial charge is 0.449 e. The van der Waals surface area contributed by atoms with Crippen molar-refractivity contribution in [3.63, 3.8) is 0 Å². The van der Waals surface area contributed by atoms with E-state index >= 15 is 4.39 Å². The summed E-state index contributed by atoms with van der Waals surface area (Å²) in [5.41, 5.74) is -1.24. The summed E-state index contributed by atoms with van der Waals surface area (Å²) in [6.07, 6.45) is 5.85. The number of rotatable bonds is 4. The Morgan fingerprint density at radius 3 is 2.63 bits per heavy atom. The van der Waals surface area contributed by atoms with Gasteiger partial charge in [0.25, 0.3) is 0 Å². The number of halogens is 1. The fourth-order valence-electron chi connectivity index (χ4n) is 6.17. The molecule has 1 aromatic heterocycles. The van der Waals surface area contributed by atoms with Crippen molar-refractivity contribution in [3.05, 3.63) is 36.3 Å². The van der Waals surface area contributed by atoms with Gasteiger partial charge in [-0.25, -0.2) is 9.37 Å². The molecule has 0 radical (unpaired) electrons. The summed E-state index contributed by atoms with van der Waals surface area (Å²) in [4.78, 5) is 31.0. The van der Waals surface area contributed by atoms with E-state index in [4.69, 9.17) is 9.15 Å². The molecule has 9 heteroatoms. The van der Waals surface area contributed by atoms with Crippen LogP contribution in [-0.2, 0) is 14.3 Å². The molecule has 38 heavy (non-hydrogen) atoms. The number of aryl methyl sites for hydroxylation is 1. The van der Waals surface area contributed by atoms with Gasteiger partial charge < -0.3 is 24.7 Å². The van der Waals surface area contributed by atoms with E-state index in [0.717, 1.165) is 12.8 Å². The van der Waals surface area contributed by atoms with E-state index in [1.807, 2.05) is 13.8 Å². The molecule has 2 aliphatic heterocycles. The molecule has 7 atom stereocenters. The minimum Gasteiger partial charge on any atom is -0.449 e. The number of carbonyl (C=O) groups excluding carboxylic acids is 2. The number of amides is 1. The van der Waals surface area contributed by atoms with Crippen LogP contribution in [0, 0.1) is 24.2 Å². The van der Waals surface area contributed by atoms with Gasteiger partial charge in [-0.3, -0.25) is 9.59 Å². The second kappa shape index (κ2) is 11.4. The summed E-state index contributed by atoms with van der Waals surface area (Å²) in [6.45, 7) is 9.34. The van der Waals surface area contributed by atoms with E-state index in [1.165, 1.54) is 12.3 Å². The molecule has 1 aliphatic carbocycles. The van der Waals surface area contributed by atoms with Crippen molar-refractivity contribution in [1.29, 1.82) is 0 Å². The molecule has 0 aromatic carbocycles. The number of aliphatic hydroxyl groups is 2. The van der Waals surface area contributed by atoms with Gasteiger partial charge in [0.2, 0.25) is 5.91 Å². The van der Waals surface area contributed by atoms with E-state index in [-0.39, 0.29) is 30.6 Å². The zero-order valence-corrected chi connectivity index (χ0v) is 22.6. The molecule has 1 aromatic rings. The lowest BCUT2D eigenvalue weighted by atomic mass is 9.58. The first kappa shape index (κ1) is 28.6. The van der Waals surface area contributed by atoms with Crippen molar-refractivity contribution in [2.75, 3.05) is 0 Å². The van der Waals surface area contributed by atoms with Gasteiger partial charge in [0, 0.05) is 25.3 Å². The lowest BCUT2D eigenvalue weighted by Crippen LogP contribution is -2.54. The minimum atomic E-state index is -1.24. The number of Topliss-reactive ketones (excluding diaryl/α,β-unsaturated/α-hetero) is 1. The van der Waals surface area contributed by atoms with E-state index in [2.05, 4.69) is 16.9 Å². The van der Waals surface area contributed by atoms with Crippen LogP contribution in [0.15, 0.2) is 29.2 Å². The molecule has 8 nitrogen and oxygen atoms in total. The Balaban J connectivity index is 1.60. The van der Waals surface area contributed by atoms with Gasteiger partial charge in [0.1, 0.15) is 23.6 Å². The molecule has 1 spiro atoms. The lowest BCUT2D eigenvalue weighted by molar-refractivity contribution is -0.155. The molecule has 3 fully saturated rings.